The van der Waals surface area contributed by atoms with E-state index in [1.165, 1.54) is 0 Å². The Balaban J connectivity index is 2.17. The van der Waals surface area contributed by atoms with Crippen LogP contribution in [0.2, 0.25) is 0 Å². The number of hydrogen-bond donors (Lipinski definition) is 0. The molecule has 23 heavy (non-hydrogen) atoms. The van der Waals surface area contributed by atoms with Crippen LogP contribution in [0, 0.1) is 0 Å². The lowest BCUT2D eigenvalue weighted by Gasteiger charge is -2.31. The number of carbonyl (C=O) groups is 1. The summed E-state index contributed by atoms with van der Waals surface area (Å²) >= 11 is 0. The van der Waals surface area contributed by atoms with E-state index in [-0.39, 0.29) is 16.7 Å². The van der Waals surface area contributed by atoms with Crippen LogP contribution in [0.15, 0.2) is 65.6 Å². The Morgan fingerprint density at radius 1 is 0.957 bits per heavy atom. The Hall–Kier alpha value is -2.14. The maximum atomic E-state index is 12.5. The van der Waals surface area contributed by atoms with Gasteiger partial charge in [0.25, 0.3) is 0 Å². The largest absolute Gasteiger partial charge is 0.335 e. The highest BCUT2D eigenvalue weighted by Crippen LogP contribution is 2.22. The molecule has 0 aliphatic rings. The molecule has 0 N–H and O–H groups in total. The lowest BCUT2D eigenvalue weighted by Crippen LogP contribution is -2.38. The quantitative estimate of drug-likeness (QED) is 0.733. The van der Waals surface area contributed by atoms with Gasteiger partial charge in [-0.1, -0.05) is 48.5 Å². The predicted molar refractivity (Wildman–Crippen MR) is 90.7 cm³/mol. The first-order valence-corrected chi connectivity index (χ1v) is 9.16. The van der Waals surface area contributed by atoms with Crippen molar-refractivity contribution < 1.29 is 13.2 Å². The van der Waals surface area contributed by atoms with Gasteiger partial charge >= 0.3 is 0 Å². The highest BCUT2D eigenvalue weighted by atomic mass is 32.2. The molecule has 0 unspecified atom stereocenters. The van der Waals surface area contributed by atoms with Crippen LogP contribution < -0.4 is 0 Å². The van der Waals surface area contributed by atoms with Crippen LogP contribution in [0.1, 0.15) is 25.5 Å². The molecule has 2 atom stereocenters. The zero-order valence-electron chi connectivity index (χ0n) is 13.3. The second-order valence-corrected chi connectivity index (χ2v) is 7.62. The minimum Gasteiger partial charge on any atom is -0.335 e. The molecule has 2 aromatic carbocycles. The van der Waals surface area contributed by atoms with Gasteiger partial charge in [0.15, 0.2) is 9.84 Å². The van der Waals surface area contributed by atoms with E-state index in [0.717, 1.165) is 12.0 Å². The topological polar surface area (TPSA) is 54.5 Å². The summed E-state index contributed by atoms with van der Waals surface area (Å²) in [5, 5.41) is 0. The minimum atomic E-state index is -3.43. The average Bonchev–Trinajstić information content (AvgIpc) is 2.56. The van der Waals surface area contributed by atoms with Crippen molar-refractivity contribution in [2.45, 2.75) is 30.8 Å². The minimum absolute atomic E-state index is 0.104. The van der Waals surface area contributed by atoms with Gasteiger partial charge in [0.2, 0.25) is 6.41 Å². The molecule has 0 aliphatic heterocycles. The molecule has 0 spiro atoms. The highest BCUT2D eigenvalue weighted by Gasteiger charge is 2.25. The number of rotatable bonds is 7. The predicted octanol–water partition coefficient (Wildman–Crippen LogP) is 3.07. The van der Waals surface area contributed by atoms with Crippen LogP contribution in [0.4, 0.5) is 0 Å². The van der Waals surface area contributed by atoms with Gasteiger partial charge in [0, 0.05) is 6.04 Å². The third-order valence-electron chi connectivity index (χ3n) is 3.92. The van der Waals surface area contributed by atoms with Crippen molar-refractivity contribution in [1.82, 2.24) is 4.90 Å². The lowest BCUT2D eigenvalue weighted by atomic mass is 10.1. The Morgan fingerprint density at radius 3 is 2.00 bits per heavy atom. The number of nitrogens with zero attached hydrogens (tertiary/aromatic N) is 1. The van der Waals surface area contributed by atoms with Crippen LogP contribution in [-0.2, 0) is 14.6 Å². The lowest BCUT2D eigenvalue weighted by molar-refractivity contribution is -0.121. The second kappa shape index (κ2) is 7.42. The Bertz CT molecular complexity index is 729. The van der Waals surface area contributed by atoms with Gasteiger partial charge in [-0.3, -0.25) is 4.79 Å². The molecule has 0 radical (unpaired) electrons. The van der Waals surface area contributed by atoms with E-state index in [4.69, 9.17) is 0 Å². The van der Waals surface area contributed by atoms with E-state index < -0.39 is 15.9 Å². The van der Waals surface area contributed by atoms with Crippen molar-refractivity contribution >= 4 is 16.2 Å². The zero-order valence-corrected chi connectivity index (χ0v) is 14.1. The molecule has 2 rings (SSSR count). The summed E-state index contributed by atoms with van der Waals surface area (Å²) in [6.45, 7) is 3.66. The summed E-state index contributed by atoms with van der Waals surface area (Å²) in [5.74, 6) is -0.104. The molecule has 0 saturated carbocycles. The SMILES string of the molecule is C[C@H](CS(=O)(=O)c1ccccc1)N(C=O)[C@@H](C)c1ccccc1. The molecule has 0 bridgehead atoms. The zero-order chi connectivity index (χ0) is 16.9. The monoisotopic (exact) mass is 331 g/mol. The summed E-state index contributed by atoms with van der Waals surface area (Å²) in [6.07, 6.45) is 0.725. The molecule has 0 fully saturated rings. The molecule has 0 aliphatic carbocycles. The van der Waals surface area contributed by atoms with Gasteiger partial charge in [0.05, 0.1) is 16.7 Å². The Kier molecular flexibility index (Phi) is 5.55. The average molecular weight is 331 g/mol. The third-order valence-corrected chi connectivity index (χ3v) is 5.83. The smallest absolute Gasteiger partial charge is 0.210 e. The summed E-state index contributed by atoms with van der Waals surface area (Å²) in [4.78, 5) is 13.3. The fraction of sp³-hybridized carbons (Fsp3) is 0.278. The fourth-order valence-electron chi connectivity index (χ4n) is 2.61. The van der Waals surface area contributed by atoms with Gasteiger partial charge < -0.3 is 4.90 Å². The second-order valence-electron chi connectivity index (χ2n) is 5.58. The molecular weight excluding hydrogens is 310 g/mol. The van der Waals surface area contributed by atoms with E-state index in [1.54, 1.807) is 42.2 Å². The molecular formula is C18H21NO3S. The molecule has 0 saturated heterocycles. The van der Waals surface area contributed by atoms with Crippen LogP contribution in [0.25, 0.3) is 0 Å². The van der Waals surface area contributed by atoms with E-state index in [1.807, 2.05) is 37.3 Å². The van der Waals surface area contributed by atoms with Crippen LogP contribution in [0.5, 0.6) is 0 Å². The van der Waals surface area contributed by atoms with E-state index in [2.05, 4.69) is 0 Å². The summed E-state index contributed by atoms with van der Waals surface area (Å²) in [6, 6.07) is 17.3. The van der Waals surface area contributed by atoms with Crippen LogP contribution in [0.3, 0.4) is 0 Å². The van der Waals surface area contributed by atoms with Crippen molar-refractivity contribution in [1.29, 1.82) is 0 Å². The maximum absolute atomic E-state index is 12.5. The number of carbonyl (C=O) groups excluding carboxylic acids is 1. The number of amides is 1. The van der Waals surface area contributed by atoms with E-state index >= 15 is 0 Å². The van der Waals surface area contributed by atoms with Crippen LogP contribution >= 0.6 is 0 Å². The number of hydrogen-bond acceptors (Lipinski definition) is 3. The maximum Gasteiger partial charge on any atom is 0.210 e. The molecule has 1 amide bonds. The first-order valence-electron chi connectivity index (χ1n) is 7.51. The van der Waals surface area contributed by atoms with Gasteiger partial charge in [-0.25, -0.2) is 8.42 Å². The molecule has 2 aromatic rings. The normalized spacial score (nSPS) is 14.0. The fourth-order valence-corrected chi connectivity index (χ4v) is 4.18. The van der Waals surface area contributed by atoms with Gasteiger partial charge in [-0.05, 0) is 31.5 Å². The summed E-state index contributed by atoms with van der Waals surface area (Å²) in [7, 11) is -3.43. The molecule has 0 heterocycles. The van der Waals surface area contributed by atoms with Gasteiger partial charge in [0.1, 0.15) is 0 Å². The Morgan fingerprint density at radius 2 is 1.48 bits per heavy atom. The molecule has 0 aromatic heterocycles. The highest BCUT2D eigenvalue weighted by molar-refractivity contribution is 7.91. The van der Waals surface area contributed by atoms with Crippen molar-refractivity contribution in [3.05, 3.63) is 66.2 Å². The van der Waals surface area contributed by atoms with Crippen molar-refractivity contribution in [2.24, 2.45) is 0 Å². The van der Waals surface area contributed by atoms with E-state index in [9.17, 15) is 13.2 Å². The van der Waals surface area contributed by atoms with Gasteiger partial charge in [-0.15, -0.1) is 0 Å². The van der Waals surface area contributed by atoms with Crippen molar-refractivity contribution in [3.8, 4) is 0 Å². The van der Waals surface area contributed by atoms with Crippen molar-refractivity contribution in [3.63, 3.8) is 0 Å². The van der Waals surface area contributed by atoms with Crippen LogP contribution in [-0.4, -0.2) is 31.5 Å². The first kappa shape index (κ1) is 17.2. The first-order chi connectivity index (χ1) is 11.0. The number of benzene rings is 2. The van der Waals surface area contributed by atoms with Crippen molar-refractivity contribution in [2.75, 3.05) is 5.75 Å². The summed E-state index contributed by atoms with van der Waals surface area (Å²) in [5.41, 5.74) is 0.976. The van der Waals surface area contributed by atoms with E-state index in [0.29, 0.717) is 0 Å². The number of sulfone groups is 1. The molecule has 5 heteroatoms. The summed E-state index contributed by atoms with van der Waals surface area (Å²) < 4.78 is 25.0. The standard InChI is InChI=1S/C18H21NO3S/c1-15(13-23(21,22)18-11-7-4-8-12-18)19(14-20)16(2)17-9-5-3-6-10-17/h3-12,14-16H,13H2,1-2H3/t15-,16+/m1/s1. The third kappa shape index (κ3) is 4.20. The molecule has 122 valence electrons. The Labute approximate surface area is 137 Å². The van der Waals surface area contributed by atoms with Gasteiger partial charge in [-0.2, -0.15) is 0 Å². The molecule has 4 nitrogen and oxygen atoms in total.